The second-order valence-electron chi connectivity index (χ2n) is 5.91. The average Bonchev–Trinajstić information content (AvgIpc) is 2.46. The Morgan fingerprint density at radius 2 is 1.29 bits per heavy atom. The van der Waals surface area contributed by atoms with Crippen molar-refractivity contribution in [3.63, 3.8) is 0 Å². The van der Waals surface area contributed by atoms with Crippen molar-refractivity contribution in [1.82, 2.24) is 0 Å². The minimum Gasteiger partial charge on any atom is -0.0840 e. The van der Waals surface area contributed by atoms with Crippen LogP contribution in [0.4, 0.5) is 0 Å². The van der Waals surface area contributed by atoms with Crippen LogP contribution >= 0.6 is 27.5 Å². The van der Waals surface area contributed by atoms with Crippen LogP contribution in [0.2, 0.25) is 5.02 Å². The Balaban J connectivity index is 2.63. The van der Waals surface area contributed by atoms with E-state index < -0.39 is 0 Å². The summed E-state index contributed by atoms with van der Waals surface area (Å²) >= 11 is 10.2. The first-order valence-corrected chi connectivity index (χ1v) is 8.52. The Labute approximate surface area is 141 Å². The van der Waals surface area contributed by atoms with Gasteiger partial charge in [-0.3, -0.25) is 0 Å². The molecular weight excluding hydrogens is 344 g/mol. The van der Waals surface area contributed by atoms with Crippen LogP contribution in [0.1, 0.15) is 49.3 Å². The molecule has 0 amide bonds. The molecule has 2 rings (SSSR count). The van der Waals surface area contributed by atoms with E-state index in [0.29, 0.717) is 0 Å². The third kappa shape index (κ3) is 2.91. The molecule has 2 heteroatoms. The summed E-state index contributed by atoms with van der Waals surface area (Å²) in [5, 5.41) is 0.827. The molecule has 0 N–H and O–H groups in total. The van der Waals surface area contributed by atoms with Crippen LogP contribution in [0.15, 0.2) is 18.2 Å². The fourth-order valence-electron chi connectivity index (χ4n) is 2.84. The Kier molecular flexibility index (Phi) is 4.85. The molecule has 0 saturated heterocycles. The van der Waals surface area contributed by atoms with E-state index in [2.05, 4.69) is 68.7 Å². The topological polar surface area (TPSA) is 0 Å². The molecule has 0 aliphatic heterocycles. The van der Waals surface area contributed by atoms with Gasteiger partial charge in [-0.2, -0.15) is 0 Å². The van der Waals surface area contributed by atoms with E-state index in [4.69, 9.17) is 11.6 Å². The lowest BCUT2D eigenvalue weighted by molar-refractivity contribution is 1.05. The van der Waals surface area contributed by atoms with E-state index in [1.54, 1.807) is 0 Å². The summed E-state index contributed by atoms with van der Waals surface area (Å²) in [6, 6.07) is 6.31. The van der Waals surface area contributed by atoms with Crippen LogP contribution in [0.25, 0.3) is 0 Å². The molecule has 0 radical (unpaired) electrons. The zero-order chi connectivity index (χ0) is 15.9. The number of rotatable bonds is 2. The van der Waals surface area contributed by atoms with Crippen molar-refractivity contribution in [1.29, 1.82) is 0 Å². The first-order valence-electron chi connectivity index (χ1n) is 7.22. The molecule has 1 unspecified atom stereocenters. The van der Waals surface area contributed by atoms with Crippen molar-refractivity contribution in [2.24, 2.45) is 0 Å². The minimum absolute atomic E-state index is 0.175. The third-order valence-corrected chi connectivity index (χ3v) is 6.19. The Hall–Kier alpha value is -0.790. The smallest absolute Gasteiger partial charge is 0.0650 e. The SMILES string of the molecule is Cc1ccc(C(Br)c2c(C)c(C)c(C)c(C)c2C)cc1Cl. The summed E-state index contributed by atoms with van der Waals surface area (Å²) in [7, 11) is 0. The van der Waals surface area contributed by atoms with E-state index in [1.165, 1.54) is 38.9 Å². The molecule has 0 nitrogen and oxygen atoms in total. The summed E-state index contributed by atoms with van der Waals surface area (Å²) in [5.41, 5.74) is 10.6. The van der Waals surface area contributed by atoms with E-state index in [1.807, 2.05) is 6.92 Å². The van der Waals surface area contributed by atoms with Crippen LogP contribution < -0.4 is 0 Å². The van der Waals surface area contributed by atoms with Gasteiger partial charge in [0.25, 0.3) is 0 Å². The van der Waals surface area contributed by atoms with Gasteiger partial charge in [-0.1, -0.05) is 39.7 Å². The van der Waals surface area contributed by atoms with Crippen LogP contribution in [0.5, 0.6) is 0 Å². The maximum Gasteiger partial charge on any atom is 0.0650 e. The van der Waals surface area contributed by atoms with E-state index >= 15 is 0 Å². The zero-order valence-corrected chi connectivity index (χ0v) is 15.9. The maximum absolute atomic E-state index is 6.29. The molecule has 0 aliphatic rings. The van der Waals surface area contributed by atoms with Gasteiger partial charge in [0.15, 0.2) is 0 Å². The van der Waals surface area contributed by atoms with Crippen molar-refractivity contribution in [3.05, 3.63) is 67.7 Å². The second kappa shape index (κ2) is 6.14. The predicted octanol–water partition coefficient (Wildman–Crippen LogP) is 6.67. The normalized spacial score (nSPS) is 12.6. The lowest BCUT2D eigenvalue weighted by atomic mass is 9.86. The number of halogens is 2. The van der Waals surface area contributed by atoms with Crippen molar-refractivity contribution < 1.29 is 0 Å². The highest BCUT2D eigenvalue weighted by Gasteiger charge is 2.20. The molecular formula is C19H22BrCl. The Morgan fingerprint density at radius 1 is 0.810 bits per heavy atom. The van der Waals surface area contributed by atoms with Crippen LogP contribution in [0.3, 0.4) is 0 Å². The molecule has 0 heterocycles. The van der Waals surface area contributed by atoms with Gasteiger partial charge >= 0.3 is 0 Å². The second-order valence-corrected chi connectivity index (χ2v) is 7.23. The van der Waals surface area contributed by atoms with Gasteiger partial charge in [0, 0.05) is 5.02 Å². The molecule has 1 atom stereocenters. The summed E-state index contributed by atoms with van der Waals surface area (Å²) in [6.07, 6.45) is 0. The molecule has 0 aliphatic carbocycles. The van der Waals surface area contributed by atoms with Gasteiger partial charge in [-0.05, 0) is 92.1 Å². The van der Waals surface area contributed by atoms with Crippen LogP contribution in [-0.2, 0) is 0 Å². The van der Waals surface area contributed by atoms with Crippen molar-refractivity contribution in [2.45, 2.75) is 46.4 Å². The highest BCUT2D eigenvalue weighted by molar-refractivity contribution is 9.09. The number of hydrogen-bond donors (Lipinski definition) is 0. The number of aryl methyl sites for hydroxylation is 1. The zero-order valence-electron chi connectivity index (χ0n) is 13.6. The van der Waals surface area contributed by atoms with Gasteiger partial charge in [0.1, 0.15) is 0 Å². The number of alkyl halides is 1. The van der Waals surface area contributed by atoms with E-state index in [0.717, 1.165) is 10.6 Å². The summed E-state index contributed by atoms with van der Waals surface area (Å²) in [4.78, 5) is 0.175. The van der Waals surface area contributed by atoms with Gasteiger partial charge < -0.3 is 0 Å². The summed E-state index contributed by atoms with van der Waals surface area (Å²) in [6.45, 7) is 13.1. The van der Waals surface area contributed by atoms with Gasteiger partial charge in [0.2, 0.25) is 0 Å². The Morgan fingerprint density at radius 3 is 1.76 bits per heavy atom. The predicted molar refractivity (Wildman–Crippen MR) is 97.1 cm³/mol. The van der Waals surface area contributed by atoms with Crippen LogP contribution in [-0.4, -0.2) is 0 Å². The molecule has 0 fully saturated rings. The van der Waals surface area contributed by atoms with Crippen molar-refractivity contribution in [3.8, 4) is 0 Å². The highest BCUT2D eigenvalue weighted by Crippen LogP contribution is 2.39. The number of hydrogen-bond acceptors (Lipinski definition) is 0. The fourth-order valence-corrected chi connectivity index (χ4v) is 4.00. The Bertz CT molecular complexity index is 672. The van der Waals surface area contributed by atoms with Crippen molar-refractivity contribution >= 4 is 27.5 Å². The summed E-state index contributed by atoms with van der Waals surface area (Å²) in [5.74, 6) is 0. The van der Waals surface area contributed by atoms with Crippen molar-refractivity contribution in [2.75, 3.05) is 0 Å². The lowest BCUT2D eigenvalue weighted by Gasteiger charge is -2.23. The monoisotopic (exact) mass is 364 g/mol. The molecule has 0 spiro atoms. The minimum atomic E-state index is 0.175. The molecule has 0 saturated carbocycles. The van der Waals surface area contributed by atoms with Gasteiger partial charge in [-0.25, -0.2) is 0 Å². The first kappa shape index (κ1) is 16.6. The standard InChI is InChI=1S/C19H22BrCl/c1-10-7-8-16(9-17(10)21)19(20)18-14(5)12(3)11(2)13(4)15(18)6/h7-9,19H,1-6H3. The quantitative estimate of drug-likeness (QED) is 0.521. The third-order valence-electron chi connectivity index (χ3n) is 4.80. The number of benzene rings is 2. The van der Waals surface area contributed by atoms with Crippen LogP contribution in [0, 0.1) is 41.5 Å². The van der Waals surface area contributed by atoms with E-state index in [-0.39, 0.29) is 4.83 Å². The van der Waals surface area contributed by atoms with E-state index in [9.17, 15) is 0 Å². The highest BCUT2D eigenvalue weighted by atomic mass is 79.9. The van der Waals surface area contributed by atoms with Gasteiger partial charge in [0.05, 0.1) is 4.83 Å². The largest absolute Gasteiger partial charge is 0.0840 e. The molecule has 21 heavy (non-hydrogen) atoms. The lowest BCUT2D eigenvalue weighted by Crippen LogP contribution is -2.05. The molecule has 2 aromatic carbocycles. The molecule has 0 aromatic heterocycles. The van der Waals surface area contributed by atoms with Gasteiger partial charge in [-0.15, -0.1) is 0 Å². The molecule has 2 aromatic rings. The fraction of sp³-hybridized carbons (Fsp3) is 0.368. The average molecular weight is 366 g/mol. The molecule has 0 bridgehead atoms. The maximum atomic E-state index is 6.29. The summed E-state index contributed by atoms with van der Waals surface area (Å²) < 4.78 is 0. The molecule has 112 valence electrons. The first-order chi connectivity index (χ1) is 9.75.